The number of aliphatic hydroxyl groups excluding tert-OH is 1. The highest BCUT2D eigenvalue weighted by molar-refractivity contribution is 5.97. The van der Waals surface area contributed by atoms with Crippen molar-refractivity contribution in [1.29, 1.82) is 5.26 Å². The van der Waals surface area contributed by atoms with Gasteiger partial charge in [0.05, 0.1) is 24.6 Å². The van der Waals surface area contributed by atoms with Crippen LogP contribution in [0.2, 0.25) is 0 Å². The average Bonchev–Trinajstić information content (AvgIpc) is 3.03. The van der Waals surface area contributed by atoms with E-state index in [1.807, 2.05) is 6.92 Å². The Morgan fingerprint density at radius 2 is 2.12 bits per heavy atom. The van der Waals surface area contributed by atoms with Gasteiger partial charge in [0.2, 0.25) is 5.91 Å². The minimum Gasteiger partial charge on any atom is -0.393 e. The largest absolute Gasteiger partial charge is 0.393 e. The van der Waals surface area contributed by atoms with Crippen molar-refractivity contribution in [3.05, 3.63) is 30.1 Å². The van der Waals surface area contributed by atoms with E-state index in [-0.39, 0.29) is 36.8 Å². The SMILES string of the molecule is CC(O)CC1CCCN1C(C)C(=O)N(CCC#N)c1ccc(F)cc1. The topological polar surface area (TPSA) is 67.6 Å². The Hall–Kier alpha value is -1.97. The molecule has 0 bridgehead atoms. The number of amides is 1. The van der Waals surface area contributed by atoms with Crippen molar-refractivity contribution in [1.82, 2.24) is 4.90 Å². The first-order valence-corrected chi connectivity index (χ1v) is 8.81. The molecule has 0 aliphatic carbocycles. The van der Waals surface area contributed by atoms with Gasteiger partial charge in [0.1, 0.15) is 5.82 Å². The maximum absolute atomic E-state index is 13.2. The molecule has 3 unspecified atom stereocenters. The van der Waals surface area contributed by atoms with E-state index in [0.29, 0.717) is 12.1 Å². The second kappa shape index (κ2) is 8.93. The lowest BCUT2D eigenvalue weighted by molar-refractivity contribution is -0.123. The monoisotopic (exact) mass is 347 g/mol. The Labute approximate surface area is 148 Å². The molecule has 3 atom stereocenters. The number of likely N-dealkylation sites (tertiary alicyclic amines) is 1. The van der Waals surface area contributed by atoms with Gasteiger partial charge in [-0.15, -0.1) is 0 Å². The van der Waals surface area contributed by atoms with Crippen LogP contribution in [0, 0.1) is 17.1 Å². The van der Waals surface area contributed by atoms with E-state index in [0.717, 1.165) is 19.4 Å². The Morgan fingerprint density at radius 1 is 1.44 bits per heavy atom. The Bertz CT molecular complexity index is 612. The molecule has 1 amide bonds. The van der Waals surface area contributed by atoms with E-state index < -0.39 is 6.10 Å². The maximum Gasteiger partial charge on any atom is 0.244 e. The van der Waals surface area contributed by atoms with Crippen molar-refractivity contribution >= 4 is 11.6 Å². The molecule has 1 heterocycles. The molecule has 1 fully saturated rings. The third-order valence-electron chi connectivity index (χ3n) is 4.74. The number of rotatable bonds is 7. The smallest absolute Gasteiger partial charge is 0.244 e. The third-order valence-corrected chi connectivity index (χ3v) is 4.74. The zero-order valence-electron chi connectivity index (χ0n) is 14.9. The molecule has 1 saturated heterocycles. The molecule has 1 aromatic rings. The van der Waals surface area contributed by atoms with Gasteiger partial charge >= 0.3 is 0 Å². The summed E-state index contributed by atoms with van der Waals surface area (Å²) in [7, 11) is 0. The molecule has 6 heteroatoms. The van der Waals surface area contributed by atoms with Gasteiger partial charge < -0.3 is 10.0 Å². The van der Waals surface area contributed by atoms with E-state index in [9.17, 15) is 14.3 Å². The number of nitriles is 1. The fourth-order valence-corrected chi connectivity index (χ4v) is 3.53. The number of hydrogen-bond donors (Lipinski definition) is 1. The van der Waals surface area contributed by atoms with E-state index >= 15 is 0 Å². The van der Waals surface area contributed by atoms with Gasteiger partial charge in [-0.3, -0.25) is 9.69 Å². The van der Waals surface area contributed by atoms with Crippen LogP contribution in [-0.4, -0.2) is 47.2 Å². The van der Waals surface area contributed by atoms with Crippen LogP contribution in [0.15, 0.2) is 24.3 Å². The van der Waals surface area contributed by atoms with Crippen LogP contribution < -0.4 is 4.90 Å². The molecule has 25 heavy (non-hydrogen) atoms. The number of carbonyl (C=O) groups excluding carboxylic acids is 1. The molecule has 0 spiro atoms. The third kappa shape index (κ3) is 5.00. The molecular weight excluding hydrogens is 321 g/mol. The summed E-state index contributed by atoms with van der Waals surface area (Å²) in [5, 5.41) is 18.6. The summed E-state index contributed by atoms with van der Waals surface area (Å²) in [6, 6.07) is 7.66. The highest BCUT2D eigenvalue weighted by atomic mass is 19.1. The van der Waals surface area contributed by atoms with Crippen LogP contribution in [0.25, 0.3) is 0 Å². The molecule has 1 aliphatic rings. The number of nitrogens with zero attached hydrogens (tertiary/aromatic N) is 3. The lowest BCUT2D eigenvalue weighted by Gasteiger charge is -2.34. The van der Waals surface area contributed by atoms with Crippen molar-refractivity contribution < 1.29 is 14.3 Å². The molecule has 1 N–H and O–H groups in total. The molecule has 0 radical (unpaired) electrons. The number of hydrogen-bond acceptors (Lipinski definition) is 4. The van der Waals surface area contributed by atoms with Crippen molar-refractivity contribution in [2.75, 3.05) is 18.0 Å². The van der Waals surface area contributed by atoms with E-state index in [1.54, 1.807) is 24.0 Å². The van der Waals surface area contributed by atoms with E-state index in [1.165, 1.54) is 12.1 Å². The van der Waals surface area contributed by atoms with E-state index in [2.05, 4.69) is 11.0 Å². The summed E-state index contributed by atoms with van der Waals surface area (Å²) in [5.74, 6) is -0.458. The lowest BCUT2D eigenvalue weighted by atomic mass is 10.1. The zero-order valence-corrected chi connectivity index (χ0v) is 14.9. The molecule has 1 aliphatic heterocycles. The van der Waals surface area contributed by atoms with Gasteiger partial charge in [0, 0.05) is 18.3 Å². The summed E-state index contributed by atoms with van der Waals surface area (Å²) in [6.45, 7) is 4.73. The quantitative estimate of drug-likeness (QED) is 0.823. The first-order valence-electron chi connectivity index (χ1n) is 8.81. The van der Waals surface area contributed by atoms with Gasteiger partial charge in [-0.25, -0.2) is 4.39 Å². The van der Waals surface area contributed by atoms with Crippen LogP contribution in [0.5, 0.6) is 0 Å². The average molecular weight is 347 g/mol. The lowest BCUT2D eigenvalue weighted by Crippen LogP contribution is -2.49. The summed E-state index contributed by atoms with van der Waals surface area (Å²) >= 11 is 0. The fourth-order valence-electron chi connectivity index (χ4n) is 3.53. The normalized spacial score (nSPS) is 20.0. The van der Waals surface area contributed by atoms with Crippen molar-refractivity contribution in [3.63, 3.8) is 0 Å². The van der Waals surface area contributed by atoms with Crippen LogP contribution in [-0.2, 0) is 4.79 Å². The number of carbonyl (C=O) groups is 1. The highest BCUT2D eigenvalue weighted by Gasteiger charge is 2.34. The second-order valence-corrected chi connectivity index (χ2v) is 6.67. The molecule has 1 aromatic carbocycles. The Balaban J connectivity index is 2.17. The number of benzene rings is 1. The standard InChI is InChI=1S/C19H26FN3O2/c1-14(24)13-18-5-3-11-22(18)15(2)19(25)23(12-4-10-21)17-8-6-16(20)7-9-17/h6-9,14-15,18,24H,3-5,11-13H2,1-2H3. The minimum absolute atomic E-state index is 0.0978. The molecule has 0 saturated carbocycles. The van der Waals surface area contributed by atoms with Gasteiger partial charge in [0.25, 0.3) is 0 Å². The van der Waals surface area contributed by atoms with Crippen molar-refractivity contribution in [3.8, 4) is 6.07 Å². The molecule has 2 rings (SSSR count). The molecule has 5 nitrogen and oxygen atoms in total. The van der Waals surface area contributed by atoms with Crippen LogP contribution in [0.1, 0.15) is 39.5 Å². The number of anilines is 1. The summed E-state index contributed by atoms with van der Waals surface area (Å²) in [6.07, 6.45) is 2.43. The van der Waals surface area contributed by atoms with Crippen molar-refractivity contribution in [2.24, 2.45) is 0 Å². The van der Waals surface area contributed by atoms with Gasteiger partial charge in [0.15, 0.2) is 0 Å². The first-order chi connectivity index (χ1) is 11.9. The van der Waals surface area contributed by atoms with Crippen LogP contribution in [0.3, 0.4) is 0 Å². The Kier molecular flexibility index (Phi) is 6.91. The van der Waals surface area contributed by atoms with Gasteiger partial charge in [-0.2, -0.15) is 5.26 Å². The summed E-state index contributed by atoms with van der Waals surface area (Å²) < 4.78 is 13.2. The summed E-state index contributed by atoms with van der Waals surface area (Å²) in [4.78, 5) is 16.8. The highest BCUT2D eigenvalue weighted by Crippen LogP contribution is 2.26. The Morgan fingerprint density at radius 3 is 2.72 bits per heavy atom. The maximum atomic E-state index is 13.2. The van der Waals surface area contributed by atoms with Gasteiger partial charge in [-0.1, -0.05) is 0 Å². The zero-order chi connectivity index (χ0) is 18.4. The minimum atomic E-state index is -0.403. The molecule has 0 aromatic heterocycles. The summed E-state index contributed by atoms with van der Waals surface area (Å²) in [5.41, 5.74) is 0.597. The molecular formula is C19H26FN3O2. The fraction of sp³-hybridized carbons (Fsp3) is 0.579. The van der Waals surface area contributed by atoms with Crippen molar-refractivity contribution in [2.45, 2.75) is 57.7 Å². The van der Waals surface area contributed by atoms with Crippen LogP contribution in [0.4, 0.5) is 10.1 Å². The van der Waals surface area contributed by atoms with Gasteiger partial charge in [-0.05, 0) is 63.9 Å². The first kappa shape index (κ1) is 19.4. The predicted octanol–water partition coefficient (Wildman–Crippen LogP) is 2.70. The predicted molar refractivity (Wildman–Crippen MR) is 94.5 cm³/mol. The molecule has 136 valence electrons. The second-order valence-electron chi connectivity index (χ2n) is 6.67. The van der Waals surface area contributed by atoms with Crippen LogP contribution >= 0.6 is 0 Å². The number of aliphatic hydroxyl groups is 1. The number of halogens is 1. The van der Waals surface area contributed by atoms with E-state index in [4.69, 9.17) is 5.26 Å².